The van der Waals surface area contributed by atoms with Crippen LogP contribution in [0.4, 0.5) is 4.39 Å². The van der Waals surface area contributed by atoms with Crippen molar-refractivity contribution in [2.45, 2.75) is 12.6 Å². The van der Waals surface area contributed by atoms with Crippen molar-refractivity contribution in [3.63, 3.8) is 0 Å². The van der Waals surface area contributed by atoms with Gasteiger partial charge in [-0.05, 0) is 44.6 Å². The summed E-state index contributed by atoms with van der Waals surface area (Å²) < 4.78 is 21.3. The zero-order valence-electron chi connectivity index (χ0n) is 9.68. The molecule has 98 valence electrons. The number of hydrogen-bond donors (Lipinski definition) is 1. The van der Waals surface area contributed by atoms with Gasteiger partial charge in [-0.25, -0.2) is 4.39 Å². The van der Waals surface area contributed by atoms with Gasteiger partial charge in [-0.1, -0.05) is 0 Å². The molecule has 1 aromatic carbocycles. The molecule has 1 N–H and O–H groups in total. The van der Waals surface area contributed by atoms with E-state index in [2.05, 4.69) is 48.7 Å². The second-order valence-corrected chi connectivity index (χ2v) is 6.57. The van der Waals surface area contributed by atoms with E-state index in [1.165, 1.54) is 0 Å². The minimum atomic E-state index is -0.273. The van der Waals surface area contributed by atoms with E-state index in [0.29, 0.717) is 22.9 Å². The number of benzene rings is 1. The molecule has 2 aliphatic rings. The maximum Gasteiger partial charge on any atom is 0.180 e. The Morgan fingerprint density at radius 1 is 1.56 bits per heavy atom. The summed E-state index contributed by atoms with van der Waals surface area (Å²) in [5, 5.41) is 3.35. The van der Waals surface area contributed by atoms with Crippen LogP contribution in [0.2, 0.25) is 0 Å². The Kier molecular flexibility index (Phi) is 3.80. The summed E-state index contributed by atoms with van der Waals surface area (Å²) in [7, 11) is 0. The highest BCUT2D eigenvalue weighted by molar-refractivity contribution is 14.1. The summed E-state index contributed by atoms with van der Waals surface area (Å²) in [6, 6.07) is 2.34. The van der Waals surface area contributed by atoms with Crippen molar-refractivity contribution in [1.29, 1.82) is 0 Å². The Hall–Kier alpha value is 0.0800. The van der Waals surface area contributed by atoms with Crippen LogP contribution in [0.15, 0.2) is 10.5 Å². The van der Waals surface area contributed by atoms with Gasteiger partial charge in [0.2, 0.25) is 0 Å². The van der Waals surface area contributed by atoms with Crippen molar-refractivity contribution in [1.82, 2.24) is 10.2 Å². The third-order valence-corrected chi connectivity index (χ3v) is 5.83. The topological polar surface area (TPSA) is 24.5 Å². The molecule has 1 atom stereocenters. The Morgan fingerprint density at radius 2 is 2.39 bits per heavy atom. The number of rotatable bonds is 0. The normalized spacial score (nSPS) is 23.8. The van der Waals surface area contributed by atoms with Crippen molar-refractivity contribution >= 4 is 38.5 Å². The number of piperazine rings is 1. The maximum atomic E-state index is 14.2. The van der Waals surface area contributed by atoms with Crippen LogP contribution < -0.4 is 10.1 Å². The number of nitrogens with zero attached hydrogens (tertiary/aromatic N) is 1. The molecular weight excluding hydrogens is 414 g/mol. The summed E-state index contributed by atoms with van der Waals surface area (Å²) in [6.45, 7) is 4.20. The van der Waals surface area contributed by atoms with Crippen LogP contribution in [-0.4, -0.2) is 37.2 Å². The molecule has 3 nitrogen and oxygen atoms in total. The van der Waals surface area contributed by atoms with Crippen LogP contribution in [-0.2, 0) is 6.54 Å². The van der Waals surface area contributed by atoms with Gasteiger partial charge in [-0.3, -0.25) is 4.90 Å². The molecule has 1 saturated heterocycles. The highest BCUT2D eigenvalue weighted by Gasteiger charge is 2.29. The minimum absolute atomic E-state index is 0.273. The summed E-state index contributed by atoms with van der Waals surface area (Å²) >= 11 is 5.42. The van der Waals surface area contributed by atoms with Gasteiger partial charge in [-0.2, -0.15) is 0 Å². The van der Waals surface area contributed by atoms with Gasteiger partial charge >= 0.3 is 0 Å². The lowest BCUT2D eigenvalue weighted by Gasteiger charge is -2.33. The van der Waals surface area contributed by atoms with Gasteiger partial charge in [-0.15, -0.1) is 0 Å². The summed E-state index contributed by atoms with van der Waals surface area (Å²) in [5.74, 6) is 0.140. The molecule has 0 amide bonds. The standard InChI is InChI=1S/C12H13BrFIN2O/c13-10-9(15)3-7-5-17-2-1-16-4-8(17)6-18-12(7)11(10)14/h3,8,16H,1-2,4-6H2/t8-/m1/s1. The minimum Gasteiger partial charge on any atom is -0.488 e. The predicted molar refractivity (Wildman–Crippen MR) is 79.4 cm³/mol. The summed E-state index contributed by atoms with van der Waals surface area (Å²) in [4.78, 5) is 2.37. The van der Waals surface area contributed by atoms with E-state index in [9.17, 15) is 4.39 Å². The molecule has 0 radical (unpaired) electrons. The van der Waals surface area contributed by atoms with Gasteiger partial charge in [0, 0.05) is 35.3 Å². The molecule has 0 bridgehead atoms. The van der Waals surface area contributed by atoms with Crippen molar-refractivity contribution in [3.8, 4) is 5.75 Å². The lowest BCUT2D eigenvalue weighted by atomic mass is 10.1. The fourth-order valence-corrected chi connectivity index (χ4v) is 3.38. The average molecular weight is 427 g/mol. The first-order valence-electron chi connectivity index (χ1n) is 5.90. The molecule has 3 rings (SSSR count). The monoisotopic (exact) mass is 426 g/mol. The zero-order chi connectivity index (χ0) is 12.7. The largest absolute Gasteiger partial charge is 0.488 e. The molecule has 18 heavy (non-hydrogen) atoms. The first-order chi connectivity index (χ1) is 8.66. The molecule has 0 aliphatic carbocycles. The van der Waals surface area contributed by atoms with Crippen LogP contribution >= 0.6 is 38.5 Å². The Balaban J connectivity index is 1.99. The third-order valence-electron chi connectivity index (χ3n) is 3.46. The van der Waals surface area contributed by atoms with Gasteiger partial charge in [0.05, 0.1) is 10.5 Å². The quantitative estimate of drug-likeness (QED) is 0.509. The maximum absolute atomic E-state index is 14.2. The van der Waals surface area contributed by atoms with Crippen LogP contribution in [0.1, 0.15) is 5.56 Å². The molecular formula is C12H13BrFIN2O. The van der Waals surface area contributed by atoms with E-state index in [4.69, 9.17) is 4.74 Å². The van der Waals surface area contributed by atoms with E-state index in [0.717, 1.165) is 35.3 Å². The lowest BCUT2D eigenvalue weighted by molar-refractivity contribution is 0.119. The predicted octanol–water partition coefficient (Wildman–Crippen LogP) is 2.36. The van der Waals surface area contributed by atoms with Crippen LogP contribution in [0.25, 0.3) is 0 Å². The smallest absolute Gasteiger partial charge is 0.180 e. The second kappa shape index (κ2) is 5.22. The van der Waals surface area contributed by atoms with E-state index in [-0.39, 0.29) is 5.82 Å². The van der Waals surface area contributed by atoms with Crippen LogP contribution in [0.3, 0.4) is 0 Å². The van der Waals surface area contributed by atoms with Crippen LogP contribution in [0.5, 0.6) is 5.75 Å². The first-order valence-corrected chi connectivity index (χ1v) is 7.78. The van der Waals surface area contributed by atoms with Crippen LogP contribution in [0, 0.1) is 9.39 Å². The van der Waals surface area contributed by atoms with E-state index < -0.39 is 0 Å². The average Bonchev–Trinajstić information content (AvgIpc) is 2.55. The lowest BCUT2D eigenvalue weighted by Crippen LogP contribution is -2.52. The van der Waals surface area contributed by atoms with Crippen molar-refractivity contribution in [2.75, 3.05) is 26.2 Å². The number of ether oxygens (including phenoxy) is 1. The molecule has 0 spiro atoms. The van der Waals surface area contributed by atoms with Crippen molar-refractivity contribution < 1.29 is 9.13 Å². The Labute approximate surface area is 127 Å². The molecule has 1 fully saturated rings. The van der Waals surface area contributed by atoms with Crippen molar-refractivity contribution in [2.24, 2.45) is 0 Å². The van der Waals surface area contributed by atoms with E-state index >= 15 is 0 Å². The van der Waals surface area contributed by atoms with Gasteiger partial charge in [0.25, 0.3) is 0 Å². The zero-order valence-corrected chi connectivity index (χ0v) is 13.4. The van der Waals surface area contributed by atoms with Gasteiger partial charge in [0.1, 0.15) is 6.61 Å². The number of fused-ring (bicyclic) bond motifs is 2. The molecule has 1 aromatic rings. The molecule has 6 heteroatoms. The second-order valence-electron chi connectivity index (χ2n) is 4.61. The van der Waals surface area contributed by atoms with E-state index in [1.807, 2.05) is 6.07 Å². The molecule has 2 aliphatic heterocycles. The highest BCUT2D eigenvalue weighted by atomic mass is 127. The molecule has 0 aromatic heterocycles. The highest BCUT2D eigenvalue weighted by Crippen LogP contribution is 2.35. The Bertz CT molecular complexity index is 486. The van der Waals surface area contributed by atoms with Gasteiger partial charge in [0.15, 0.2) is 11.6 Å². The Morgan fingerprint density at radius 3 is 3.22 bits per heavy atom. The molecule has 0 saturated carbocycles. The molecule has 2 heterocycles. The van der Waals surface area contributed by atoms with Gasteiger partial charge < -0.3 is 10.1 Å². The first kappa shape index (κ1) is 13.1. The number of halogens is 3. The summed E-state index contributed by atoms with van der Waals surface area (Å²) in [6.07, 6.45) is 0. The fourth-order valence-electron chi connectivity index (χ4n) is 2.47. The SMILES string of the molecule is Fc1c(Br)c(I)cc2c1OC[C@H]1CNCCN1C2. The van der Waals surface area contributed by atoms with Crippen molar-refractivity contribution in [3.05, 3.63) is 25.5 Å². The third kappa shape index (κ3) is 2.28. The number of hydrogen-bond acceptors (Lipinski definition) is 3. The number of nitrogens with one attached hydrogen (secondary N) is 1. The van der Waals surface area contributed by atoms with E-state index in [1.54, 1.807) is 0 Å². The fraction of sp³-hybridized carbons (Fsp3) is 0.500. The molecule has 0 unspecified atom stereocenters. The summed E-state index contributed by atoms with van der Waals surface area (Å²) in [5.41, 5.74) is 0.949.